The Morgan fingerprint density at radius 3 is 2.95 bits per heavy atom. The number of carbonyl (C=O) groups excluding carboxylic acids is 1. The third-order valence-corrected chi connectivity index (χ3v) is 6.52. The minimum Gasteiger partial charge on any atom is -0.334 e. The molecule has 5 heteroatoms. The quantitative estimate of drug-likeness (QED) is 0.908. The number of fused-ring (bicyclic) bond motifs is 1. The lowest BCUT2D eigenvalue weighted by molar-refractivity contribution is 0.165. The maximum Gasteiger partial charge on any atom is 0.318 e. The van der Waals surface area contributed by atoms with Gasteiger partial charge in [0.2, 0.25) is 0 Å². The van der Waals surface area contributed by atoms with Gasteiger partial charge in [0.15, 0.2) is 0 Å². The maximum atomic E-state index is 12.8. The molecule has 1 aromatic heterocycles. The molecular weight excluding hydrogens is 294 g/mol. The number of piperidine rings is 1. The molecule has 0 spiro atoms. The Labute approximate surface area is 136 Å². The van der Waals surface area contributed by atoms with Gasteiger partial charge in [-0.15, -0.1) is 11.3 Å². The predicted molar refractivity (Wildman–Crippen MR) is 89.1 cm³/mol. The standard InChI is InChI=1S/C17H25N3OS/c21-17(18-13-8-11-19-9-2-1-5-14(13)19)20-10-3-6-15(20)16-7-4-12-22-16/h4,7,12-15H,1-3,5-6,8-11H2,(H,18,21)/t13-,14+,15-/m1/s1. The van der Waals surface area contributed by atoms with Crippen LogP contribution < -0.4 is 5.32 Å². The van der Waals surface area contributed by atoms with Crippen LogP contribution in [-0.2, 0) is 0 Å². The summed E-state index contributed by atoms with van der Waals surface area (Å²) in [6, 6.07) is 5.65. The van der Waals surface area contributed by atoms with E-state index in [-0.39, 0.29) is 6.03 Å². The van der Waals surface area contributed by atoms with Crippen LogP contribution in [0.3, 0.4) is 0 Å². The van der Waals surface area contributed by atoms with Crippen molar-refractivity contribution in [3.05, 3.63) is 22.4 Å². The van der Waals surface area contributed by atoms with E-state index in [1.165, 1.54) is 30.7 Å². The third-order valence-electron chi connectivity index (χ3n) is 5.55. The summed E-state index contributed by atoms with van der Waals surface area (Å²) in [5.41, 5.74) is 0. The molecule has 1 N–H and O–H groups in total. The Kier molecular flexibility index (Phi) is 4.09. The van der Waals surface area contributed by atoms with Crippen LogP contribution in [-0.4, -0.2) is 47.5 Å². The molecule has 3 aliphatic rings. The molecule has 3 atom stereocenters. The topological polar surface area (TPSA) is 35.6 Å². The summed E-state index contributed by atoms with van der Waals surface area (Å²) in [6.07, 6.45) is 7.23. The molecule has 0 radical (unpaired) electrons. The van der Waals surface area contributed by atoms with Crippen molar-refractivity contribution in [2.24, 2.45) is 0 Å². The summed E-state index contributed by atoms with van der Waals surface area (Å²) >= 11 is 1.77. The Morgan fingerprint density at radius 2 is 2.09 bits per heavy atom. The molecule has 4 heterocycles. The van der Waals surface area contributed by atoms with E-state index in [1.54, 1.807) is 11.3 Å². The van der Waals surface area contributed by atoms with Gasteiger partial charge < -0.3 is 10.2 Å². The summed E-state index contributed by atoms with van der Waals surface area (Å²) in [4.78, 5) is 18.8. The molecule has 1 aromatic rings. The first-order valence-electron chi connectivity index (χ1n) is 8.67. The van der Waals surface area contributed by atoms with Gasteiger partial charge in [-0.3, -0.25) is 4.90 Å². The molecule has 0 aliphatic carbocycles. The van der Waals surface area contributed by atoms with E-state index >= 15 is 0 Å². The highest BCUT2D eigenvalue weighted by Crippen LogP contribution is 2.35. The number of nitrogens with zero attached hydrogens (tertiary/aromatic N) is 2. The van der Waals surface area contributed by atoms with E-state index in [1.807, 2.05) is 0 Å². The number of hydrogen-bond donors (Lipinski definition) is 1. The predicted octanol–water partition coefficient (Wildman–Crippen LogP) is 3.22. The summed E-state index contributed by atoms with van der Waals surface area (Å²) in [5, 5.41) is 5.47. The van der Waals surface area contributed by atoms with Gasteiger partial charge in [0, 0.05) is 30.1 Å². The second-order valence-corrected chi connectivity index (χ2v) is 7.79. The third kappa shape index (κ3) is 2.65. The highest BCUT2D eigenvalue weighted by atomic mass is 32.1. The molecule has 0 aromatic carbocycles. The molecule has 3 aliphatic heterocycles. The fourth-order valence-corrected chi connectivity index (χ4v) is 5.32. The molecule has 4 nitrogen and oxygen atoms in total. The zero-order valence-electron chi connectivity index (χ0n) is 13.0. The van der Waals surface area contributed by atoms with Gasteiger partial charge >= 0.3 is 6.03 Å². The van der Waals surface area contributed by atoms with Gasteiger partial charge in [0.25, 0.3) is 0 Å². The van der Waals surface area contributed by atoms with E-state index in [2.05, 4.69) is 32.6 Å². The molecule has 4 rings (SSSR count). The molecule has 3 fully saturated rings. The fraction of sp³-hybridized carbons (Fsp3) is 0.706. The van der Waals surface area contributed by atoms with Crippen molar-refractivity contribution >= 4 is 17.4 Å². The first-order valence-corrected chi connectivity index (χ1v) is 9.55. The number of hydrogen-bond acceptors (Lipinski definition) is 3. The van der Waals surface area contributed by atoms with Crippen molar-refractivity contribution in [2.45, 2.75) is 56.7 Å². The van der Waals surface area contributed by atoms with Gasteiger partial charge in [0.05, 0.1) is 6.04 Å². The minimum absolute atomic E-state index is 0.160. The Hall–Kier alpha value is -1.07. The van der Waals surface area contributed by atoms with Crippen LogP contribution in [0.15, 0.2) is 17.5 Å². The highest BCUT2D eigenvalue weighted by molar-refractivity contribution is 7.10. The van der Waals surface area contributed by atoms with E-state index in [4.69, 9.17) is 0 Å². The smallest absolute Gasteiger partial charge is 0.318 e. The monoisotopic (exact) mass is 319 g/mol. The number of carbonyl (C=O) groups is 1. The van der Waals surface area contributed by atoms with E-state index in [0.717, 1.165) is 32.4 Å². The summed E-state index contributed by atoms with van der Waals surface area (Å²) < 4.78 is 0. The van der Waals surface area contributed by atoms with Gasteiger partial charge in [0.1, 0.15) is 0 Å². The minimum atomic E-state index is 0.160. The van der Waals surface area contributed by atoms with Gasteiger partial charge in [-0.2, -0.15) is 0 Å². The van der Waals surface area contributed by atoms with Crippen LogP contribution in [0.5, 0.6) is 0 Å². The van der Waals surface area contributed by atoms with Crippen LogP contribution in [0.1, 0.15) is 49.4 Å². The lowest BCUT2D eigenvalue weighted by Crippen LogP contribution is -2.50. The number of likely N-dealkylation sites (tertiary alicyclic amines) is 1. The lowest BCUT2D eigenvalue weighted by Gasteiger charge is -2.34. The zero-order chi connectivity index (χ0) is 14.9. The van der Waals surface area contributed by atoms with Crippen LogP contribution in [0.4, 0.5) is 4.79 Å². The average molecular weight is 319 g/mol. The highest BCUT2D eigenvalue weighted by Gasteiger charge is 2.38. The SMILES string of the molecule is O=C(N[C@@H]1CCN2CCCC[C@@H]12)N1CCC[C@@H]1c1cccs1. The number of thiophene rings is 1. The Balaban J connectivity index is 1.41. The molecule has 0 saturated carbocycles. The van der Waals surface area contributed by atoms with Crippen LogP contribution in [0.2, 0.25) is 0 Å². The fourth-order valence-electron chi connectivity index (χ4n) is 4.44. The molecular formula is C17H25N3OS. The number of nitrogens with one attached hydrogen (secondary N) is 1. The maximum absolute atomic E-state index is 12.8. The molecule has 3 saturated heterocycles. The molecule has 22 heavy (non-hydrogen) atoms. The van der Waals surface area contributed by atoms with Crippen molar-refractivity contribution in [1.29, 1.82) is 0 Å². The lowest BCUT2D eigenvalue weighted by atomic mass is 9.99. The van der Waals surface area contributed by atoms with Crippen molar-refractivity contribution in [3.63, 3.8) is 0 Å². The number of amides is 2. The van der Waals surface area contributed by atoms with E-state index < -0.39 is 0 Å². The first kappa shape index (κ1) is 14.5. The molecule has 2 amide bonds. The van der Waals surface area contributed by atoms with Crippen molar-refractivity contribution in [1.82, 2.24) is 15.1 Å². The summed E-state index contributed by atoms with van der Waals surface area (Å²) in [7, 11) is 0. The Bertz CT molecular complexity index is 518. The molecule has 0 unspecified atom stereocenters. The summed E-state index contributed by atoms with van der Waals surface area (Å²) in [5.74, 6) is 0. The van der Waals surface area contributed by atoms with E-state index in [0.29, 0.717) is 18.1 Å². The number of rotatable bonds is 2. The zero-order valence-corrected chi connectivity index (χ0v) is 13.9. The van der Waals surface area contributed by atoms with Crippen LogP contribution >= 0.6 is 11.3 Å². The average Bonchev–Trinajstić information content (AvgIpc) is 3.27. The largest absolute Gasteiger partial charge is 0.334 e. The number of urea groups is 1. The molecule has 120 valence electrons. The second-order valence-electron chi connectivity index (χ2n) is 6.81. The normalized spacial score (nSPS) is 32.2. The van der Waals surface area contributed by atoms with Gasteiger partial charge in [-0.25, -0.2) is 4.79 Å². The van der Waals surface area contributed by atoms with E-state index in [9.17, 15) is 4.79 Å². The van der Waals surface area contributed by atoms with Crippen molar-refractivity contribution in [2.75, 3.05) is 19.6 Å². The van der Waals surface area contributed by atoms with Crippen molar-refractivity contribution < 1.29 is 4.79 Å². The van der Waals surface area contributed by atoms with Crippen LogP contribution in [0.25, 0.3) is 0 Å². The first-order chi connectivity index (χ1) is 10.8. The van der Waals surface area contributed by atoms with Crippen LogP contribution in [0, 0.1) is 0 Å². The van der Waals surface area contributed by atoms with Crippen molar-refractivity contribution in [3.8, 4) is 0 Å². The van der Waals surface area contributed by atoms with Gasteiger partial charge in [-0.1, -0.05) is 12.5 Å². The molecule has 0 bridgehead atoms. The Morgan fingerprint density at radius 1 is 1.14 bits per heavy atom. The summed E-state index contributed by atoms with van der Waals surface area (Å²) in [6.45, 7) is 3.28. The second kappa shape index (κ2) is 6.20. The van der Waals surface area contributed by atoms with Gasteiger partial charge in [-0.05, 0) is 50.1 Å².